The highest BCUT2D eigenvalue weighted by molar-refractivity contribution is 5.87. The van der Waals surface area contributed by atoms with Gasteiger partial charge in [-0.1, -0.05) is 6.42 Å². The summed E-state index contributed by atoms with van der Waals surface area (Å²) in [6.07, 6.45) is 7.19. The van der Waals surface area contributed by atoms with Crippen LogP contribution in [0.5, 0.6) is 0 Å². The molecule has 0 unspecified atom stereocenters. The van der Waals surface area contributed by atoms with E-state index >= 15 is 0 Å². The fraction of sp³-hybridized carbons (Fsp3) is 0.667. The van der Waals surface area contributed by atoms with E-state index in [2.05, 4.69) is 25.2 Å². The van der Waals surface area contributed by atoms with Crippen molar-refractivity contribution in [2.24, 2.45) is 0 Å². The number of fused-ring (bicyclic) bond motifs is 2. The van der Waals surface area contributed by atoms with Gasteiger partial charge in [0.1, 0.15) is 11.6 Å². The van der Waals surface area contributed by atoms with Gasteiger partial charge in [-0.3, -0.25) is 4.68 Å². The maximum absolute atomic E-state index is 11.5. The minimum atomic E-state index is -0.933. The van der Waals surface area contributed by atoms with Crippen LogP contribution < -0.4 is 5.32 Å². The average Bonchev–Trinajstić information content (AvgIpc) is 3.12. The molecule has 2 aliphatic rings. The fourth-order valence-corrected chi connectivity index (χ4v) is 4.21. The van der Waals surface area contributed by atoms with E-state index in [4.69, 9.17) is 0 Å². The predicted molar refractivity (Wildman–Crippen MR) is 95.1 cm³/mol. The molecule has 8 heteroatoms. The standard InChI is InChI=1S/C18H26N6O2/c1-2-24-14-8-7-12(10-13(14)17(22-24)18(25)26)19-11-16-21-20-15-6-4-3-5-9-23(15)16/h12,19H,2-11H2,1H3,(H,25,26)/t12-/m0/s1. The molecule has 140 valence electrons. The van der Waals surface area contributed by atoms with Crippen molar-refractivity contribution < 1.29 is 9.90 Å². The highest BCUT2D eigenvalue weighted by Gasteiger charge is 2.28. The van der Waals surface area contributed by atoms with Crippen LogP contribution in [0.2, 0.25) is 0 Å². The predicted octanol–water partition coefficient (Wildman–Crippen LogP) is 1.57. The molecule has 0 amide bonds. The zero-order valence-corrected chi connectivity index (χ0v) is 15.2. The molecule has 3 heterocycles. The zero-order valence-electron chi connectivity index (χ0n) is 15.2. The van der Waals surface area contributed by atoms with E-state index in [1.165, 1.54) is 19.3 Å². The summed E-state index contributed by atoms with van der Waals surface area (Å²) in [5.41, 5.74) is 2.19. The highest BCUT2D eigenvalue weighted by Crippen LogP contribution is 2.25. The third-order valence-corrected chi connectivity index (χ3v) is 5.58. The van der Waals surface area contributed by atoms with E-state index in [1.54, 1.807) is 0 Å². The number of aromatic nitrogens is 5. The van der Waals surface area contributed by atoms with E-state index in [0.717, 1.165) is 48.7 Å². The van der Waals surface area contributed by atoms with Crippen LogP contribution >= 0.6 is 0 Å². The van der Waals surface area contributed by atoms with Gasteiger partial charge in [-0.25, -0.2) is 4.79 Å². The number of nitrogens with one attached hydrogen (secondary N) is 1. The molecule has 0 aromatic carbocycles. The third-order valence-electron chi connectivity index (χ3n) is 5.58. The zero-order chi connectivity index (χ0) is 18.1. The molecular formula is C18H26N6O2. The van der Waals surface area contributed by atoms with Gasteiger partial charge in [0.25, 0.3) is 0 Å². The van der Waals surface area contributed by atoms with Gasteiger partial charge in [0.05, 0.1) is 6.54 Å². The number of hydrogen-bond acceptors (Lipinski definition) is 5. The van der Waals surface area contributed by atoms with Gasteiger partial charge in [-0.15, -0.1) is 10.2 Å². The lowest BCUT2D eigenvalue weighted by molar-refractivity contribution is 0.0688. The first-order valence-electron chi connectivity index (χ1n) is 9.63. The summed E-state index contributed by atoms with van der Waals surface area (Å²) in [5, 5.41) is 26.0. The first-order valence-corrected chi connectivity index (χ1v) is 9.63. The van der Waals surface area contributed by atoms with Crippen LogP contribution in [0.4, 0.5) is 0 Å². The van der Waals surface area contributed by atoms with Gasteiger partial charge < -0.3 is 15.0 Å². The molecule has 0 bridgehead atoms. The Bertz CT molecular complexity index is 809. The largest absolute Gasteiger partial charge is 0.476 e. The summed E-state index contributed by atoms with van der Waals surface area (Å²) in [5.74, 6) is 1.16. The molecule has 1 aliphatic carbocycles. The number of nitrogens with zero attached hydrogens (tertiary/aromatic N) is 5. The van der Waals surface area contributed by atoms with Gasteiger partial charge in [-0.2, -0.15) is 5.10 Å². The van der Waals surface area contributed by atoms with Crippen LogP contribution in [0.25, 0.3) is 0 Å². The van der Waals surface area contributed by atoms with Crippen LogP contribution in [0.3, 0.4) is 0 Å². The smallest absolute Gasteiger partial charge is 0.356 e. The van der Waals surface area contributed by atoms with Gasteiger partial charge in [-0.05, 0) is 39.0 Å². The topological polar surface area (TPSA) is 97.9 Å². The Morgan fingerprint density at radius 1 is 1.27 bits per heavy atom. The van der Waals surface area contributed by atoms with Crippen molar-refractivity contribution >= 4 is 5.97 Å². The molecule has 2 N–H and O–H groups in total. The second-order valence-electron chi connectivity index (χ2n) is 7.21. The van der Waals surface area contributed by atoms with Crippen LogP contribution in [0.15, 0.2) is 0 Å². The number of carboxylic acid groups (broad SMARTS) is 1. The van der Waals surface area contributed by atoms with E-state index < -0.39 is 5.97 Å². The number of carboxylic acids is 1. The molecule has 1 aliphatic heterocycles. The van der Waals surface area contributed by atoms with Gasteiger partial charge in [0.2, 0.25) is 0 Å². The number of aromatic carboxylic acids is 1. The Hall–Kier alpha value is -2.22. The summed E-state index contributed by atoms with van der Waals surface area (Å²) in [4.78, 5) is 11.5. The lowest BCUT2D eigenvalue weighted by atomic mass is 9.91. The SMILES string of the molecule is CCn1nc(C(=O)O)c2c1CC[C@H](NCc1nnc3n1CCCCC3)C2. The molecule has 0 radical (unpaired) electrons. The van der Waals surface area contributed by atoms with Crippen molar-refractivity contribution in [1.29, 1.82) is 0 Å². The molecule has 1 atom stereocenters. The average molecular weight is 358 g/mol. The van der Waals surface area contributed by atoms with Gasteiger partial charge in [0.15, 0.2) is 5.69 Å². The second kappa shape index (κ2) is 7.19. The normalized spacial score (nSPS) is 19.7. The van der Waals surface area contributed by atoms with Crippen LogP contribution in [-0.4, -0.2) is 41.7 Å². The maximum atomic E-state index is 11.5. The minimum absolute atomic E-state index is 0.213. The maximum Gasteiger partial charge on any atom is 0.356 e. The molecule has 2 aromatic heterocycles. The van der Waals surface area contributed by atoms with Crippen molar-refractivity contribution in [1.82, 2.24) is 29.9 Å². The molecule has 4 rings (SSSR count). The van der Waals surface area contributed by atoms with Gasteiger partial charge in [0, 0.05) is 36.8 Å². The molecule has 2 aromatic rings. The van der Waals surface area contributed by atoms with Crippen LogP contribution in [-0.2, 0) is 38.9 Å². The second-order valence-corrected chi connectivity index (χ2v) is 7.21. The Morgan fingerprint density at radius 3 is 2.96 bits per heavy atom. The Labute approximate surface area is 152 Å². The molecule has 8 nitrogen and oxygen atoms in total. The minimum Gasteiger partial charge on any atom is -0.476 e. The summed E-state index contributed by atoms with van der Waals surface area (Å²) in [7, 11) is 0. The summed E-state index contributed by atoms with van der Waals surface area (Å²) >= 11 is 0. The van der Waals surface area contributed by atoms with E-state index in [9.17, 15) is 9.90 Å². The van der Waals surface area contributed by atoms with Gasteiger partial charge >= 0.3 is 5.97 Å². The fourth-order valence-electron chi connectivity index (χ4n) is 4.21. The monoisotopic (exact) mass is 358 g/mol. The summed E-state index contributed by atoms with van der Waals surface area (Å²) < 4.78 is 4.10. The molecule has 0 saturated carbocycles. The lowest BCUT2D eigenvalue weighted by Gasteiger charge is -2.24. The number of carbonyl (C=O) groups is 1. The molecule has 0 saturated heterocycles. The molecule has 0 fully saturated rings. The van der Waals surface area contributed by atoms with Crippen LogP contribution in [0.1, 0.15) is 66.0 Å². The molecule has 0 spiro atoms. The number of aryl methyl sites for hydroxylation is 2. The van der Waals surface area contributed by atoms with Crippen molar-refractivity contribution in [3.63, 3.8) is 0 Å². The Morgan fingerprint density at radius 2 is 2.15 bits per heavy atom. The van der Waals surface area contributed by atoms with Crippen molar-refractivity contribution in [2.75, 3.05) is 0 Å². The number of rotatable bonds is 5. The highest BCUT2D eigenvalue weighted by atomic mass is 16.4. The van der Waals surface area contributed by atoms with E-state index in [-0.39, 0.29) is 11.7 Å². The van der Waals surface area contributed by atoms with E-state index in [0.29, 0.717) is 19.5 Å². The summed E-state index contributed by atoms with van der Waals surface area (Å²) in [6, 6.07) is 0.244. The van der Waals surface area contributed by atoms with Crippen molar-refractivity contribution in [3.8, 4) is 0 Å². The number of hydrogen-bond donors (Lipinski definition) is 2. The van der Waals surface area contributed by atoms with Crippen molar-refractivity contribution in [2.45, 2.75) is 77.5 Å². The summed E-state index contributed by atoms with van der Waals surface area (Å²) in [6.45, 7) is 4.39. The lowest BCUT2D eigenvalue weighted by Crippen LogP contribution is -2.35. The Kier molecular flexibility index (Phi) is 4.76. The molecule has 26 heavy (non-hydrogen) atoms. The molecular weight excluding hydrogens is 332 g/mol. The Balaban J connectivity index is 1.46. The third kappa shape index (κ3) is 3.13. The first-order chi connectivity index (χ1) is 12.7. The quantitative estimate of drug-likeness (QED) is 0.842. The van der Waals surface area contributed by atoms with E-state index in [1.807, 2.05) is 11.6 Å². The van der Waals surface area contributed by atoms with Crippen molar-refractivity contribution in [3.05, 3.63) is 28.6 Å². The first kappa shape index (κ1) is 17.2. The van der Waals surface area contributed by atoms with Crippen LogP contribution in [0, 0.1) is 0 Å².